The van der Waals surface area contributed by atoms with E-state index < -0.39 is 6.10 Å². The second-order valence-corrected chi connectivity index (χ2v) is 3.67. The third-order valence-electron chi connectivity index (χ3n) is 2.42. The van der Waals surface area contributed by atoms with Crippen LogP contribution < -0.4 is 5.73 Å². The number of hydrogen-bond donors (Lipinski definition) is 2. The van der Waals surface area contributed by atoms with Gasteiger partial charge in [-0.2, -0.15) is 0 Å². The van der Waals surface area contributed by atoms with Crippen molar-refractivity contribution in [2.75, 3.05) is 5.73 Å². The lowest BCUT2D eigenvalue weighted by molar-refractivity contribution is 0.238. The molecule has 0 bridgehead atoms. The summed E-state index contributed by atoms with van der Waals surface area (Å²) in [7, 11) is 0. The third kappa shape index (κ3) is 2.87. The number of nitrogen functional groups attached to an aromatic ring is 1. The molecule has 0 spiro atoms. The van der Waals surface area contributed by atoms with Crippen molar-refractivity contribution in [2.45, 2.75) is 6.10 Å². The Bertz CT molecular complexity index is 552. The van der Waals surface area contributed by atoms with Gasteiger partial charge in [-0.25, -0.2) is 0 Å². The van der Waals surface area contributed by atoms with E-state index in [1.807, 2.05) is 48.5 Å². The number of benzene rings is 2. The van der Waals surface area contributed by atoms with Crippen LogP contribution >= 0.6 is 0 Å². The van der Waals surface area contributed by atoms with Gasteiger partial charge in [-0.05, 0) is 17.7 Å². The van der Waals surface area contributed by atoms with E-state index in [9.17, 15) is 5.11 Å². The summed E-state index contributed by atoms with van der Waals surface area (Å²) in [5.41, 5.74) is 7.91. The first-order valence-electron chi connectivity index (χ1n) is 5.36. The number of aliphatic hydroxyl groups excluding tert-OH is 1. The molecule has 1 atom stereocenters. The summed E-state index contributed by atoms with van der Waals surface area (Å²) in [6.07, 6.45) is -0.782. The minimum Gasteiger partial charge on any atom is -0.398 e. The summed E-state index contributed by atoms with van der Waals surface area (Å²) >= 11 is 0. The van der Waals surface area contributed by atoms with Crippen molar-refractivity contribution in [1.82, 2.24) is 0 Å². The van der Waals surface area contributed by atoms with Crippen LogP contribution in [0.1, 0.15) is 17.2 Å². The SMILES string of the molecule is Nc1ccccc1C#CC(O)c1ccccc1. The lowest BCUT2D eigenvalue weighted by Crippen LogP contribution is -1.94. The molecule has 0 radical (unpaired) electrons. The molecule has 0 heterocycles. The summed E-state index contributed by atoms with van der Waals surface area (Å²) in [5, 5.41) is 9.86. The van der Waals surface area contributed by atoms with Crippen LogP contribution in [-0.4, -0.2) is 5.11 Å². The minimum atomic E-state index is -0.782. The van der Waals surface area contributed by atoms with Gasteiger partial charge in [-0.15, -0.1) is 0 Å². The van der Waals surface area contributed by atoms with Crippen LogP contribution in [0, 0.1) is 11.8 Å². The van der Waals surface area contributed by atoms with Gasteiger partial charge < -0.3 is 10.8 Å². The fraction of sp³-hybridized carbons (Fsp3) is 0.0667. The minimum absolute atomic E-state index is 0.625. The molecule has 0 amide bonds. The van der Waals surface area contributed by atoms with E-state index in [1.54, 1.807) is 6.07 Å². The smallest absolute Gasteiger partial charge is 0.140 e. The average molecular weight is 223 g/mol. The lowest BCUT2D eigenvalue weighted by atomic mass is 10.1. The van der Waals surface area contributed by atoms with Gasteiger partial charge in [0, 0.05) is 11.3 Å². The Morgan fingerprint density at radius 1 is 0.941 bits per heavy atom. The van der Waals surface area contributed by atoms with E-state index in [0.717, 1.165) is 11.1 Å². The Morgan fingerprint density at radius 3 is 2.29 bits per heavy atom. The molecule has 0 aliphatic carbocycles. The van der Waals surface area contributed by atoms with E-state index >= 15 is 0 Å². The zero-order chi connectivity index (χ0) is 12.1. The second-order valence-electron chi connectivity index (χ2n) is 3.67. The van der Waals surface area contributed by atoms with Gasteiger partial charge in [0.2, 0.25) is 0 Å². The molecule has 0 aliphatic rings. The zero-order valence-corrected chi connectivity index (χ0v) is 9.30. The van der Waals surface area contributed by atoms with Gasteiger partial charge in [0.05, 0.1) is 0 Å². The fourth-order valence-corrected chi connectivity index (χ4v) is 1.48. The number of rotatable bonds is 1. The van der Waals surface area contributed by atoms with Crippen LogP contribution in [0.5, 0.6) is 0 Å². The molecular weight excluding hydrogens is 210 g/mol. The monoisotopic (exact) mass is 223 g/mol. The largest absolute Gasteiger partial charge is 0.398 e. The molecule has 2 nitrogen and oxygen atoms in total. The maximum atomic E-state index is 9.86. The highest BCUT2D eigenvalue weighted by molar-refractivity contribution is 5.55. The normalized spacial score (nSPS) is 11.4. The van der Waals surface area contributed by atoms with E-state index in [4.69, 9.17) is 5.73 Å². The number of nitrogens with two attached hydrogens (primary N) is 1. The first-order chi connectivity index (χ1) is 8.27. The fourth-order valence-electron chi connectivity index (χ4n) is 1.48. The van der Waals surface area contributed by atoms with Gasteiger partial charge in [-0.1, -0.05) is 54.3 Å². The zero-order valence-electron chi connectivity index (χ0n) is 9.30. The molecule has 2 aromatic carbocycles. The summed E-state index contributed by atoms with van der Waals surface area (Å²) < 4.78 is 0. The third-order valence-corrected chi connectivity index (χ3v) is 2.42. The van der Waals surface area contributed by atoms with Crippen LogP contribution in [0.25, 0.3) is 0 Å². The van der Waals surface area contributed by atoms with Gasteiger partial charge in [-0.3, -0.25) is 0 Å². The van der Waals surface area contributed by atoms with Crippen molar-refractivity contribution in [3.63, 3.8) is 0 Å². The molecule has 2 rings (SSSR count). The Balaban J connectivity index is 2.21. The molecule has 2 heteroatoms. The molecule has 0 aromatic heterocycles. The van der Waals surface area contributed by atoms with Crippen LogP contribution in [0.3, 0.4) is 0 Å². The average Bonchev–Trinajstić information content (AvgIpc) is 2.38. The van der Waals surface area contributed by atoms with Gasteiger partial charge in [0.1, 0.15) is 6.10 Å². The number of para-hydroxylation sites is 1. The summed E-state index contributed by atoms with van der Waals surface area (Å²) in [6, 6.07) is 16.7. The van der Waals surface area contributed by atoms with Crippen molar-refractivity contribution < 1.29 is 5.11 Å². The first kappa shape index (κ1) is 11.3. The molecule has 17 heavy (non-hydrogen) atoms. The summed E-state index contributed by atoms with van der Waals surface area (Å²) in [6.45, 7) is 0. The van der Waals surface area contributed by atoms with E-state index in [0.29, 0.717) is 5.69 Å². The van der Waals surface area contributed by atoms with Crippen molar-refractivity contribution in [1.29, 1.82) is 0 Å². The second kappa shape index (κ2) is 5.20. The molecule has 2 aromatic rings. The number of hydrogen-bond acceptors (Lipinski definition) is 2. The molecule has 0 aliphatic heterocycles. The highest BCUT2D eigenvalue weighted by atomic mass is 16.3. The number of aliphatic hydroxyl groups is 1. The van der Waals surface area contributed by atoms with Gasteiger partial charge in [0.25, 0.3) is 0 Å². The van der Waals surface area contributed by atoms with Crippen LogP contribution in [0.15, 0.2) is 54.6 Å². The van der Waals surface area contributed by atoms with Crippen LogP contribution in [0.2, 0.25) is 0 Å². The van der Waals surface area contributed by atoms with E-state index in [-0.39, 0.29) is 0 Å². The quantitative estimate of drug-likeness (QED) is 0.576. The Morgan fingerprint density at radius 2 is 1.59 bits per heavy atom. The highest BCUT2D eigenvalue weighted by Crippen LogP contribution is 2.12. The molecule has 0 saturated heterocycles. The maximum Gasteiger partial charge on any atom is 0.140 e. The van der Waals surface area contributed by atoms with Crippen LogP contribution in [-0.2, 0) is 0 Å². The molecular formula is C15H13NO. The number of anilines is 1. The first-order valence-corrected chi connectivity index (χ1v) is 5.36. The van der Waals surface area contributed by atoms with Crippen molar-refractivity contribution in [3.05, 3.63) is 65.7 Å². The predicted octanol–water partition coefficient (Wildman–Crippen LogP) is 2.35. The van der Waals surface area contributed by atoms with Crippen molar-refractivity contribution in [2.24, 2.45) is 0 Å². The summed E-state index contributed by atoms with van der Waals surface area (Å²) in [4.78, 5) is 0. The molecule has 3 N–H and O–H groups in total. The highest BCUT2D eigenvalue weighted by Gasteiger charge is 2.01. The maximum absolute atomic E-state index is 9.86. The Hall–Kier alpha value is -2.24. The molecule has 84 valence electrons. The Labute approximate surface area is 101 Å². The van der Waals surface area contributed by atoms with Gasteiger partial charge in [0.15, 0.2) is 0 Å². The molecule has 1 unspecified atom stereocenters. The summed E-state index contributed by atoms with van der Waals surface area (Å²) in [5.74, 6) is 5.67. The Kier molecular flexibility index (Phi) is 3.44. The molecule has 0 fully saturated rings. The predicted molar refractivity (Wildman–Crippen MR) is 69.1 cm³/mol. The van der Waals surface area contributed by atoms with E-state index in [2.05, 4.69) is 11.8 Å². The standard InChI is InChI=1S/C15H13NO/c16-14-9-5-4-6-12(14)10-11-15(17)13-7-2-1-3-8-13/h1-9,15,17H,16H2. The van der Waals surface area contributed by atoms with Crippen molar-refractivity contribution >= 4 is 5.69 Å². The topological polar surface area (TPSA) is 46.2 Å². The lowest BCUT2D eigenvalue weighted by Gasteiger charge is -2.02. The van der Waals surface area contributed by atoms with E-state index in [1.165, 1.54) is 0 Å². The van der Waals surface area contributed by atoms with Crippen LogP contribution in [0.4, 0.5) is 5.69 Å². The molecule has 0 saturated carbocycles. The van der Waals surface area contributed by atoms with Gasteiger partial charge >= 0.3 is 0 Å². The van der Waals surface area contributed by atoms with Crippen molar-refractivity contribution in [3.8, 4) is 11.8 Å².